The molecule has 2 aromatic heterocycles. The van der Waals surface area contributed by atoms with E-state index < -0.39 is 0 Å². The van der Waals surface area contributed by atoms with Crippen LogP contribution < -0.4 is 5.32 Å². The molecule has 2 aromatic rings. The van der Waals surface area contributed by atoms with Gasteiger partial charge in [-0.3, -0.25) is 19.1 Å². The molecule has 2 N–H and O–H groups in total. The van der Waals surface area contributed by atoms with Crippen molar-refractivity contribution in [3.8, 4) is 0 Å². The molecule has 11 nitrogen and oxygen atoms in total. The minimum atomic E-state index is -0.303. The summed E-state index contributed by atoms with van der Waals surface area (Å²) < 4.78 is 3.38. The molecule has 3 rings (SSSR count). The number of aryl methyl sites for hydroxylation is 2. The molecule has 0 fully saturated rings. The second-order valence-corrected chi connectivity index (χ2v) is 6.05. The average Bonchev–Trinajstić information content (AvgIpc) is 3.27. The predicted molar refractivity (Wildman–Crippen MR) is 94.1 cm³/mol. The number of hydrogen-bond donors (Lipinski definition) is 2. The quantitative estimate of drug-likeness (QED) is 0.689. The number of carbonyl (C=O) groups excluding carboxylic acids is 2. The van der Waals surface area contributed by atoms with Gasteiger partial charge >= 0.3 is 0 Å². The number of rotatable bonds is 4. The molecule has 0 spiro atoms. The number of carboxylic acid groups (broad SMARTS) is 1. The van der Waals surface area contributed by atoms with Gasteiger partial charge in [0.2, 0.25) is 5.82 Å². The van der Waals surface area contributed by atoms with E-state index in [1.54, 1.807) is 25.2 Å². The van der Waals surface area contributed by atoms with Crippen molar-refractivity contribution >= 4 is 18.3 Å². The molecule has 1 aliphatic rings. The van der Waals surface area contributed by atoms with Crippen molar-refractivity contribution in [1.29, 1.82) is 0 Å². The Labute approximate surface area is 156 Å². The van der Waals surface area contributed by atoms with E-state index in [4.69, 9.17) is 9.90 Å². The monoisotopic (exact) mass is 377 g/mol. The van der Waals surface area contributed by atoms with E-state index >= 15 is 0 Å². The summed E-state index contributed by atoms with van der Waals surface area (Å²) in [5, 5.41) is 13.8. The molecule has 0 bridgehead atoms. The molecule has 146 valence electrons. The van der Waals surface area contributed by atoms with Crippen molar-refractivity contribution in [3.05, 3.63) is 29.9 Å². The number of amides is 2. The lowest BCUT2D eigenvalue weighted by molar-refractivity contribution is -0.122. The van der Waals surface area contributed by atoms with Crippen LogP contribution in [0.25, 0.3) is 0 Å². The minimum Gasteiger partial charge on any atom is -0.483 e. The molecule has 0 aromatic carbocycles. The molecule has 3 heterocycles. The Morgan fingerprint density at radius 3 is 2.74 bits per heavy atom. The number of imidazole rings is 1. The summed E-state index contributed by atoms with van der Waals surface area (Å²) in [6.45, 7) is 2.83. The average molecular weight is 377 g/mol. The Morgan fingerprint density at radius 1 is 1.44 bits per heavy atom. The first-order valence-corrected chi connectivity index (χ1v) is 8.45. The van der Waals surface area contributed by atoms with E-state index in [1.165, 1.54) is 11.0 Å². The molecule has 2 amide bonds. The SMILES string of the molecule is CCN(C)C(=O)c1cnc2n1CC(NC(=O)c1ncn(C)n1)CC2.O=CO. The van der Waals surface area contributed by atoms with E-state index in [0.29, 0.717) is 25.2 Å². The Bertz CT molecular complexity index is 814. The zero-order valence-corrected chi connectivity index (χ0v) is 15.5. The fourth-order valence-corrected chi connectivity index (χ4v) is 2.75. The third-order valence-corrected chi connectivity index (χ3v) is 4.24. The minimum absolute atomic E-state index is 0.0605. The molecular weight excluding hydrogens is 354 g/mol. The number of hydrogen-bond acceptors (Lipinski definition) is 6. The maximum atomic E-state index is 12.4. The molecule has 0 aliphatic carbocycles. The first-order valence-electron chi connectivity index (χ1n) is 8.45. The summed E-state index contributed by atoms with van der Waals surface area (Å²) in [6.07, 6.45) is 4.59. The van der Waals surface area contributed by atoms with Gasteiger partial charge in [-0.15, -0.1) is 5.10 Å². The number of aromatic nitrogens is 5. The fourth-order valence-electron chi connectivity index (χ4n) is 2.75. The zero-order chi connectivity index (χ0) is 20.0. The van der Waals surface area contributed by atoms with Crippen molar-refractivity contribution in [3.63, 3.8) is 0 Å². The Morgan fingerprint density at radius 2 is 2.15 bits per heavy atom. The van der Waals surface area contributed by atoms with Crippen molar-refractivity contribution in [1.82, 2.24) is 34.5 Å². The molecule has 27 heavy (non-hydrogen) atoms. The Hall–Kier alpha value is -3.24. The van der Waals surface area contributed by atoms with Crippen LogP contribution in [0.2, 0.25) is 0 Å². The lowest BCUT2D eigenvalue weighted by Gasteiger charge is -2.26. The molecule has 11 heteroatoms. The molecule has 0 radical (unpaired) electrons. The second-order valence-electron chi connectivity index (χ2n) is 6.05. The summed E-state index contributed by atoms with van der Waals surface area (Å²) in [4.78, 5) is 42.9. The normalized spacial score (nSPS) is 15.1. The molecule has 0 saturated heterocycles. The van der Waals surface area contributed by atoms with Gasteiger partial charge in [-0.25, -0.2) is 9.97 Å². The van der Waals surface area contributed by atoms with Crippen LogP contribution in [0.5, 0.6) is 0 Å². The van der Waals surface area contributed by atoms with Crippen LogP contribution in [0, 0.1) is 0 Å². The predicted octanol–water partition coefficient (Wildman–Crippen LogP) is -0.451. The summed E-state index contributed by atoms with van der Waals surface area (Å²) in [6, 6.07) is -0.0820. The molecular formula is C16H23N7O4. The number of fused-ring (bicyclic) bond motifs is 1. The van der Waals surface area contributed by atoms with E-state index in [1.807, 2.05) is 11.5 Å². The standard InChI is InChI=1S/C15H21N7O2.CH2O2/c1-4-20(2)15(24)11-7-16-12-6-5-10(8-22(11)12)18-14(23)13-17-9-21(3)19-13;2-1-3/h7,9-10H,4-6,8H2,1-3H3,(H,18,23);1H,(H,2,3). The van der Waals surface area contributed by atoms with Gasteiger partial charge in [-0.05, 0) is 13.3 Å². The van der Waals surface area contributed by atoms with Crippen LogP contribution in [0.3, 0.4) is 0 Å². The smallest absolute Gasteiger partial charge is 0.291 e. The lowest BCUT2D eigenvalue weighted by Crippen LogP contribution is -2.42. The van der Waals surface area contributed by atoms with Crippen molar-refractivity contribution in [2.75, 3.05) is 13.6 Å². The van der Waals surface area contributed by atoms with E-state index in [0.717, 1.165) is 12.2 Å². The van der Waals surface area contributed by atoms with Crippen molar-refractivity contribution in [2.24, 2.45) is 7.05 Å². The van der Waals surface area contributed by atoms with Gasteiger partial charge in [0, 0.05) is 39.6 Å². The van der Waals surface area contributed by atoms with Crippen LogP contribution in [-0.2, 0) is 24.8 Å². The number of carbonyl (C=O) groups is 3. The second kappa shape index (κ2) is 8.92. The Balaban J connectivity index is 0.000000817. The van der Waals surface area contributed by atoms with Crippen LogP contribution in [0.15, 0.2) is 12.5 Å². The van der Waals surface area contributed by atoms with Crippen molar-refractivity contribution in [2.45, 2.75) is 32.4 Å². The van der Waals surface area contributed by atoms with E-state index in [9.17, 15) is 9.59 Å². The van der Waals surface area contributed by atoms with Gasteiger partial charge in [0.1, 0.15) is 17.8 Å². The van der Waals surface area contributed by atoms with Crippen molar-refractivity contribution < 1.29 is 19.5 Å². The van der Waals surface area contributed by atoms with Crippen LogP contribution in [-0.4, -0.2) is 72.2 Å². The summed E-state index contributed by atoms with van der Waals surface area (Å²) in [7, 11) is 3.47. The molecule has 0 saturated carbocycles. The van der Waals surface area contributed by atoms with E-state index in [2.05, 4.69) is 20.4 Å². The first-order chi connectivity index (χ1) is 12.9. The fraction of sp³-hybridized carbons (Fsp3) is 0.500. The highest BCUT2D eigenvalue weighted by atomic mass is 16.3. The summed E-state index contributed by atoms with van der Waals surface area (Å²) >= 11 is 0. The molecule has 1 atom stereocenters. The highest BCUT2D eigenvalue weighted by Gasteiger charge is 2.27. The zero-order valence-electron chi connectivity index (χ0n) is 15.5. The maximum absolute atomic E-state index is 12.4. The van der Waals surface area contributed by atoms with Gasteiger partial charge in [-0.2, -0.15) is 0 Å². The third kappa shape index (κ3) is 4.68. The number of nitrogens with zero attached hydrogens (tertiary/aromatic N) is 6. The Kier molecular flexibility index (Phi) is 6.63. The van der Waals surface area contributed by atoms with Gasteiger partial charge in [-0.1, -0.05) is 0 Å². The third-order valence-electron chi connectivity index (χ3n) is 4.24. The van der Waals surface area contributed by atoms with Crippen LogP contribution in [0.4, 0.5) is 0 Å². The first kappa shape index (κ1) is 20.1. The lowest BCUT2D eigenvalue weighted by atomic mass is 10.1. The number of nitrogens with one attached hydrogen (secondary N) is 1. The van der Waals surface area contributed by atoms with E-state index in [-0.39, 0.29) is 30.2 Å². The topological polar surface area (TPSA) is 135 Å². The summed E-state index contributed by atoms with van der Waals surface area (Å²) in [5.74, 6) is 0.664. The highest BCUT2D eigenvalue weighted by molar-refractivity contribution is 5.92. The van der Waals surface area contributed by atoms with Gasteiger partial charge in [0.25, 0.3) is 18.3 Å². The van der Waals surface area contributed by atoms with Gasteiger partial charge in [0.05, 0.1) is 6.20 Å². The van der Waals surface area contributed by atoms with Gasteiger partial charge in [0.15, 0.2) is 0 Å². The van der Waals surface area contributed by atoms with Crippen LogP contribution in [0.1, 0.15) is 40.3 Å². The molecule has 1 unspecified atom stereocenters. The van der Waals surface area contributed by atoms with Gasteiger partial charge < -0.3 is 19.9 Å². The highest BCUT2D eigenvalue weighted by Crippen LogP contribution is 2.18. The van der Waals surface area contributed by atoms with Crippen LogP contribution >= 0.6 is 0 Å². The molecule has 1 aliphatic heterocycles. The summed E-state index contributed by atoms with van der Waals surface area (Å²) in [5.41, 5.74) is 0.560. The largest absolute Gasteiger partial charge is 0.483 e. The maximum Gasteiger partial charge on any atom is 0.291 e.